The number of benzene rings is 2. The van der Waals surface area contributed by atoms with Crippen LogP contribution in [0.15, 0.2) is 66.9 Å². The zero-order valence-electron chi connectivity index (χ0n) is 13.9. The molecule has 0 unspecified atom stereocenters. The number of pyridine rings is 1. The first kappa shape index (κ1) is 16.1. The number of fused-ring (bicyclic) bond motifs is 1. The van der Waals surface area contributed by atoms with Crippen LogP contribution >= 0.6 is 0 Å². The first-order valence-electron chi connectivity index (χ1n) is 8.32. The number of aryl methyl sites for hydroxylation is 1. The molecule has 0 aliphatic carbocycles. The molecule has 0 saturated carbocycles. The molecule has 1 atom stereocenters. The minimum Gasteiger partial charge on any atom is -0.485 e. The van der Waals surface area contributed by atoms with E-state index in [1.807, 2.05) is 36.4 Å². The van der Waals surface area contributed by atoms with E-state index in [-0.39, 0.29) is 11.8 Å². The van der Waals surface area contributed by atoms with Crippen molar-refractivity contribution in [1.29, 1.82) is 0 Å². The second kappa shape index (κ2) is 6.84. The molecule has 26 heavy (non-hydrogen) atoms. The third-order valence-electron chi connectivity index (χ3n) is 4.30. The van der Waals surface area contributed by atoms with Crippen LogP contribution in [0.25, 0.3) is 0 Å². The van der Waals surface area contributed by atoms with Gasteiger partial charge in [-0.15, -0.1) is 0 Å². The van der Waals surface area contributed by atoms with Gasteiger partial charge in [0, 0.05) is 12.1 Å². The van der Waals surface area contributed by atoms with Crippen molar-refractivity contribution >= 4 is 5.69 Å². The van der Waals surface area contributed by atoms with E-state index in [1.54, 1.807) is 0 Å². The lowest BCUT2D eigenvalue weighted by Gasteiger charge is -2.26. The number of hydrogen-bond donors (Lipinski definition) is 0. The average Bonchev–Trinajstić information content (AvgIpc) is 2.69. The van der Waals surface area contributed by atoms with Crippen molar-refractivity contribution in [2.75, 3.05) is 0 Å². The van der Waals surface area contributed by atoms with Gasteiger partial charge >= 0.3 is 0 Å². The largest absolute Gasteiger partial charge is 0.485 e. The number of nitrogens with zero attached hydrogens (tertiary/aromatic N) is 2. The van der Waals surface area contributed by atoms with E-state index in [2.05, 4.69) is 17.1 Å². The molecular formula is C20H16N2O4. The Morgan fingerprint density at radius 1 is 1.12 bits per heavy atom. The van der Waals surface area contributed by atoms with E-state index in [4.69, 9.17) is 9.47 Å². The molecule has 0 N–H and O–H groups in total. The highest BCUT2D eigenvalue weighted by atomic mass is 16.6. The summed E-state index contributed by atoms with van der Waals surface area (Å²) in [6.07, 6.45) is 3.03. The van der Waals surface area contributed by atoms with Crippen molar-refractivity contribution in [3.63, 3.8) is 0 Å². The molecular weight excluding hydrogens is 332 g/mol. The maximum Gasteiger partial charge on any atom is 0.287 e. The van der Waals surface area contributed by atoms with Crippen LogP contribution in [0.2, 0.25) is 0 Å². The molecule has 0 saturated heterocycles. The molecule has 1 aliphatic rings. The van der Waals surface area contributed by atoms with Gasteiger partial charge in [0.25, 0.3) is 5.69 Å². The molecule has 6 heteroatoms. The zero-order chi connectivity index (χ0) is 17.9. The highest BCUT2D eigenvalue weighted by molar-refractivity contribution is 5.43. The van der Waals surface area contributed by atoms with Gasteiger partial charge < -0.3 is 9.47 Å². The van der Waals surface area contributed by atoms with E-state index < -0.39 is 4.92 Å². The second-order valence-electron chi connectivity index (χ2n) is 6.04. The topological polar surface area (TPSA) is 74.5 Å². The summed E-state index contributed by atoms with van der Waals surface area (Å²) in [5.41, 5.74) is 2.19. The van der Waals surface area contributed by atoms with E-state index in [9.17, 15) is 10.1 Å². The van der Waals surface area contributed by atoms with Crippen LogP contribution in [0.1, 0.15) is 23.7 Å². The summed E-state index contributed by atoms with van der Waals surface area (Å²) in [6.45, 7) is 0. The summed E-state index contributed by atoms with van der Waals surface area (Å²) >= 11 is 0. The van der Waals surface area contributed by atoms with Gasteiger partial charge in [-0.2, -0.15) is 0 Å². The number of rotatable bonds is 4. The molecule has 3 aromatic rings. The lowest BCUT2D eigenvalue weighted by molar-refractivity contribution is -0.385. The standard InChI is InChI=1S/C20H16N2O4/c23-22(24)16-7-11-20(21-13-16)25-17-8-10-19-15(12-17)6-9-18(26-19)14-4-2-1-3-5-14/h1-5,7-8,10-13,18H,6,9H2/t18-/m0/s1. The van der Waals surface area contributed by atoms with Gasteiger partial charge in [0.2, 0.25) is 5.88 Å². The zero-order valence-corrected chi connectivity index (χ0v) is 13.9. The van der Waals surface area contributed by atoms with Crippen LogP contribution in [0, 0.1) is 10.1 Å². The molecule has 1 aliphatic heterocycles. The van der Waals surface area contributed by atoms with Crippen molar-refractivity contribution in [3.05, 3.63) is 88.1 Å². The van der Waals surface area contributed by atoms with Gasteiger partial charge in [0.05, 0.1) is 4.92 Å². The van der Waals surface area contributed by atoms with Crippen molar-refractivity contribution in [2.45, 2.75) is 18.9 Å². The maximum atomic E-state index is 10.7. The molecule has 4 rings (SSSR count). The molecule has 0 bridgehead atoms. The Balaban J connectivity index is 1.49. The van der Waals surface area contributed by atoms with Gasteiger partial charge in [-0.05, 0) is 42.2 Å². The monoisotopic (exact) mass is 348 g/mol. The van der Waals surface area contributed by atoms with E-state index in [0.717, 1.165) is 24.2 Å². The number of ether oxygens (including phenoxy) is 2. The summed E-state index contributed by atoms with van der Waals surface area (Å²) in [6, 6.07) is 18.7. The van der Waals surface area contributed by atoms with Gasteiger partial charge in [-0.25, -0.2) is 4.98 Å². The van der Waals surface area contributed by atoms with Crippen molar-refractivity contribution < 1.29 is 14.4 Å². The Kier molecular flexibility index (Phi) is 4.23. The second-order valence-corrected chi connectivity index (χ2v) is 6.04. The molecule has 0 amide bonds. The number of nitro groups is 1. The summed E-state index contributed by atoms with van der Waals surface area (Å²) < 4.78 is 11.8. The summed E-state index contributed by atoms with van der Waals surface area (Å²) in [5, 5.41) is 10.7. The third-order valence-corrected chi connectivity index (χ3v) is 4.30. The van der Waals surface area contributed by atoms with Crippen molar-refractivity contribution in [2.24, 2.45) is 0 Å². The van der Waals surface area contributed by atoms with Crippen molar-refractivity contribution in [3.8, 4) is 17.4 Å². The highest BCUT2D eigenvalue weighted by Gasteiger charge is 2.21. The Hall–Kier alpha value is -3.41. The van der Waals surface area contributed by atoms with Gasteiger partial charge in [0.15, 0.2) is 0 Å². The Morgan fingerprint density at radius 3 is 2.69 bits per heavy atom. The maximum absolute atomic E-state index is 10.7. The molecule has 0 radical (unpaired) electrons. The van der Waals surface area contributed by atoms with E-state index in [1.165, 1.54) is 23.9 Å². The Bertz CT molecular complexity index is 926. The van der Waals surface area contributed by atoms with Crippen LogP contribution in [0.5, 0.6) is 17.4 Å². The molecule has 2 aromatic carbocycles. The first-order valence-corrected chi connectivity index (χ1v) is 8.32. The van der Waals surface area contributed by atoms with Crippen LogP contribution in [0.3, 0.4) is 0 Å². The van der Waals surface area contributed by atoms with Crippen LogP contribution in [0.4, 0.5) is 5.69 Å². The van der Waals surface area contributed by atoms with E-state index in [0.29, 0.717) is 11.6 Å². The van der Waals surface area contributed by atoms with Gasteiger partial charge in [-0.1, -0.05) is 30.3 Å². The van der Waals surface area contributed by atoms with Gasteiger partial charge in [0.1, 0.15) is 23.8 Å². The SMILES string of the molecule is O=[N+]([O-])c1ccc(Oc2ccc3c(c2)CC[C@@H](c2ccccc2)O3)nc1. The average molecular weight is 348 g/mol. The van der Waals surface area contributed by atoms with Crippen LogP contribution in [-0.2, 0) is 6.42 Å². The molecule has 2 heterocycles. The summed E-state index contributed by atoms with van der Waals surface area (Å²) in [4.78, 5) is 14.1. The first-order chi connectivity index (χ1) is 12.7. The molecule has 0 fully saturated rings. The predicted octanol–water partition coefficient (Wildman–Crippen LogP) is 4.85. The molecule has 0 spiro atoms. The smallest absolute Gasteiger partial charge is 0.287 e. The fourth-order valence-corrected chi connectivity index (χ4v) is 2.99. The minimum absolute atomic E-state index is 0.0619. The third kappa shape index (κ3) is 3.35. The van der Waals surface area contributed by atoms with Crippen LogP contribution in [-0.4, -0.2) is 9.91 Å². The lowest BCUT2D eigenvalue weighted by Crippen LogP contribution is -2.15. The quantitative estimate of drug-likeness (QED) is 0.498. The minimum atomic E-state index is -0.490. The predicted molar refractivity (Wildman–Crippen MR) is 95.5 cm³/mol. The molecule has 1 aromatic heterocycles. The van der Waals surface area contributed by atoms with Gasteiger partial charge in [-0.3, -0.25) is 10.1 Å². The number of aromatic nitrogens is 1. The Morgan fingerprint density at radius 2 is 1.96 bits per heavy atom. The summed E-state index contributed by atoms with van der Waals surface area (Å²) in [7, 11) is 0. The highest BCUT2D eigenvalue weighted by Crippen LogP contribution is 2.37. The van der Waals surface area contributed by atoms with E-state index >= 15 is 0 Å². The van der Waals surface area contributed by atoms with Crippen LogP contribution < -0.4 is 9.47 Å². The Labute approximate surface area is 150 Å². The summed E-state index contributed by atoms with van der Waals surface area (Å²) in [5.74, 6) is 1.80. The fourth-order valence-electron chi connectivity index (χ4n) is 2.99. The fraction of sp³-hybridized carbons (Fsp3) is 0.150. The molecule has 6 nitrogen and oxygen atoms in total. The lowest BCUT2D eigenvalue weighted by atomic mass is 9.97. The normalized spacial score (nSPS) is 15.6. The van der Waals surface area contributed by atoms with Crippen molar-refractivity contribution in [1.82, 2.24) is 4.98 Å². The number of hydrogen-bond acceptors (Lipinski definition) is 5. The molecule has 130 valence electrons.